The molecule has 2 aliphatic rings. The maximum absolute atomic E-state index is 14.1. The Balaban J connectivity index is 1.51. The fourth-order valence-corrected chi connectivity index (χ4v) is 4.55. The van der Waals surface area contributed by atoms with E-state index in [4.69, 9.17) is 0 Å². The lowest BCUT2D eigenvalue weighted by atomic mass is 9.99. The van der Waals surface area contributed by atoms with Crippen LogP contribution in [0, 0.1) is 0 Å². The number of alkyl halides is 2. The molecule has 0 bridgehead atoms. The molecule has 4 nitrogen and oxygen atoms in total. The van der Waals surface area contributed by atoms with Gasteiger partial charge in [-0.2, -0.15) is 0 Å². The van der Waals surface area contributed by atoms with Crippen LogP contribution < -0.4 is 0 Å². The van der Waals surface area contributed by atoms with Crippen LogP contribution in [-0.2, 0) is 29.0 Å². The van der Waals surface area contributed by atoms with Crippen LogP contribution in [0.5, 0.6) is 0 Å². The molecule has 2 amide bonds. The van der Waals surface area contributed by atoms with Gasteiger partial charge in [0, 0.05) is 24.4 Å². The molecule has 142 valence electrons. The van der Waals surface area contributed by atoms with Gasteiger partial charge in [-0.15, -0.1) is 11.3 Å². The Kier molecular flexibility index (Phi) is 4.72. The fourth-order valence-electron chi connectivity index (χ4n) is 3.86. The van der Waals surface area contributed by atoms with Crippen molar-refractivity contribution in [3.05, 3.63) is 57.8 Å². The molecule has 1 fully saturated rings. The van der Waals surface area contributed by atoms with E-state index in [0.29, 0.717) is 19.5 Å². The van der Waals surface area contributed by atoms with Crippen molar-refractivity contribution in [3.63, 3.8) is 0 Å². The lowest BCUT2D eigenvalue weighted by molar-refractivity contribution is -0.144. The highest BCUT2D eigenvalue weighted by atomic mass is 32.1. The summed E-state index contributed by atoms with van der Waals surface area (Å²) in [6.07, 6.45) is 0.161. The summed E-state index contributed by atoms with van der Waals surface area (Å²) in [6.45, 7) is 0.215. The first-order valence-electron chi connectivity index (χ1n) is 8.98. The van der Waals surface area contributed by atoms with Crippen LogP contribution in [0.3, 0.4) is 0 Å². The van der Waals surface area contributed by atoms with Gasteiger partial charge in [0.15, 0.2) is 0 Å². The van der Waals surface area contributed by atoms with Crippen LogP contribution in [0.4, 0.5) is 8.78 Å². The zero-order valence-corrected chi connectivity index (χ0v) is 15.6. The van der Waals surface area contributed by atoms with Gasteiger partial charge in [-0.1, -0.05) is 30.3 Å². The van der Waals surface area contributed by atoms with Crippen molar-refractivity contribution in [2.75, 3.05) is 13.1 Å². The third-order valence-corrected chi connectivity index (χ3v) is 6.10. The highest BCUT2D eigenvalue weighted by molar-refractivity contribution is 7.10. The lowest BCUT2D eigenvalue weighted by Gasteiger charge is -2.33. The van der Waals surface area contributed by atoms with E-state index >= 15 is 0 Å². The van der Waals surface area contributed by atoms with Crippen molar-refractivity contribution in [2.24, 2.45) is 0 Å². The Morgan fingerprint density at radius 3 is 2.67 bits per heavy atom. The Morgan fingerprint density at radius 2 is 1.93 bits per heavy atom. The number of likely N-dealkylation sites (tertiary alicyclic amines) is 1. The van der Waals surface area contributed by atoms with Gasteiger partial charge in [0.1, 0.15) is 6.04 Å². The maximum Gasteiger partial charge on any atom is 0.267 e. The van der Waals surface area contributed by atoms with Gasteiger partial charge in [-0.3, -0.25) is 9.59 Å². The van der Waals surface area contributed by atoms with Gasteiger partial charge >= 0.3 is 0 Å². The third kappa shape index (κ3) is 3.74. The van der Waals surface area contributed by atoms with Crippen LogP contribution in [0.15, 0.2) is 41.8 Å². The first-order valence-corrected chi connectivity index (χ1v) is 9.86. The number of halogens is 2. The molecule has 2 aromatic rings. The zero-order chi connectivity index (χ0) is 19.0. The predicted octanol–water partition coefficient (Wildman–Crippen LogP) is 3.11. The predicted molar refractivity (Wildman–Crippen MR) is 98.7 cm³/mol. The van der Waals surface area contributed by atoms with Crippen LogP contribution in [-0.4, -0.2) is 46.7 Å². The Hall–Kier alpha value is -2.28. The number of carbonyl (C=O) groups is 2. The van der Waals surface area contributed by atoms with E-state index in [0.717, 1.165) is 15.3 Å². The van der Waals surface area contributed by atoms with Crippen LogP contribution in [0.1, 0.15) is 22.4 Å². The molecule has 0 spiro atoms. The first kappa shape index (κ1) is 18.1. The second-order valence-corrected chi connectivity index (χ2v) is 8.16. The minimum absolute atomic E-state index is 0.0559. The fraction of sp³-hybridized carbons (Fsp3) is 0.400. The molecule has 1 aromatic carbocycles. The van der Waals surface area contributed by atoms with Gasteiger partial charge in [0.2, 0.25) is 11.8 Å². The number of amides is 2. The van der Waals surface area contributed by atoms with E-state index in [2.05, 4.69) is 0 Å². The number of nitrogens with zero attached hydrogens (tertiary/aromatic N) is 2. The number of carbonyl (C=O) groups excluding carboxylic acids is 2. The Bertz CT molecular complexity index is 853. The summed E-state index contributed by atoms with van der Waals surface area (Å²) in [5.74, 6) is -3.81. The topological polar surface area (TPSA) is 40.6 Å². The quantitative estimate of drug-likeness (QED) is 0.808. The summed E-state index contributed by atoms with van der Waals surface area (Å²) >= 11 is 1.41. The maximum atomic E-state index is 14.1. The standard InChI is InChI=1S/C20H20F2N2O2S/c21-20(22)11-17(24(13-20)18(25)10-16-6-3-9-27-16)19(26)23-8-7-14-4-1-2-5-15(14)12-23/h1-6,9,17H,7-8,10-13H2/t17-/m0/s1. The second kappa shape index (κ2) is 7.03. The molecule has 0 N–H and O–H groups in total. The molecule has 2 aliphatic heterocycles. The average molecular weight is 390 g/mol. The summed E-state index contributed by atoms with van der Waals surface area (Å²) in [5, 5.41) is 1.84. The SMILES string of the molecule is O=C([C@@H]1CC(F)(F)CN1C(=O)Cc1cccs1)N1CCc2ccccc2C1. The number of benzene rings is 1. The van der Waals surface area contributed by atoms with Crippen LogP contribution in [0.2, 0.25) is 0 Å². The molecule has 1 saturated heterocycles. The average Bonchev–Trinajstić information content (AvgIpc) is 3.27. The van der Waals surface area contributed by atoms with Gasteiger partial charge in [0.05, 0.1) is 13.0 Å². The number of hydrogen-bond acceptors (Lipinski definition) is 3. The summed E-state index contributed by atoms with van der Waals surface area (Å²) < 4.78 is 28.2. The smallest absolute Gasteiger partial charge is 0.267 e. The molecule has 1 atom stereocenters. The molecule has 0 aliphatic carbocycles. The minimum Gasteiger partial charge on any atom is -0.336 e. The monoisotopic (exact) mass is 390 g/mol. The molecular weight excluding hydrogens is 370 g/mol. The minimum atomic E-state index is -3.03. The molecule has 0 radical (unpaired) electrons. The van der Waals surface area contributed by atoms with Crippen molar-refractivity contribution in [1.29, 1.82) is 0 Å². The second-order valence-electron chi connectivity index (χ2n) is 7.13. The van der Waals surface area contributed by atoms with E-state index in [-0.39, 0.29) is 12.3 Å². The largest absolute Gasteiger partial charge is 0.336 e. The van der Waals surface area contributed by atoms with E-state index in [1.807, 2.05) is 35.7 Å². The highest BCUT2D eigenvalue weighted by Gasteiger charge is 2.50. The van der Waals surface area contributed by atoms with Crippen molar-refractivity contribution in [3.8, 4) is 0 Å². The third-order valence-electron chi connectivity index (χ3n) is 5.22. The molecule has 7 heteroatoms. The molecule has 4 rings (SSSR count). The normalized spacial score (nSPS) is 21.2. The van der Waals surface area contributed by atoms with E-state index < -0.39 is 30.8 Å². The number of fused-ring (bicyclic) bond motifs is 1. The summed E-state index contributed by atoms with van der Waals surface area (Å²) in [7, 11) is 0. The van der Waals surface area contributed by atoms with Crippen molar-refractivity contribution < 1.29 is 18.4 Å². The van der Waals surface area contributed by atoms with Gasteiger partial charge < -0.3 is 9.80 Å². The van der Waals surface area contributed by atoms with Crippen LogP contribution >= 0.6 is 11.3 Å². The van der Waals surface area contributed by atoms with E-state index in [1.165, 1.54) is 16.9 Å². The van der Waals surface area contributed by atoms with Gasteiger partial charge in [-0.05, 0) is 29.0 Å². The Labute approximate surface area is 160 Å². The van der Waals surface area contributed by atoms with Gasteiger partial charge in [0.25, 0.3) is 5.92 Å². The van der Waals surface area contributed by atoms with Gasteiger partial charge in [-0.25, -0.2) is 8.78 Å². The van der Waals surface area contributed by atoms with E-state index in [9.17, 15) is 18.4 Å². The summed E-state index contributed by atoms with van der Waals surface area (Å²) in [5.41, 5.74) is 2.22. The summed E-state index contributed by atoms with van der Waals surface area (Å²) in [6, 6.07) is 10.4. The molecule has 0 unspecified atom stereocenters. The van der Waals surface area contributed by atoms with Crippen LogP contribution in [0.25, 0.3) is 0 Å². The summed E-state index contributed by atoms with van der Waals surface area (Å²) in [4.78, 5) is 29.2. The van der Waals surface area contributed by atoms with Crippen molar-refractivity contribution in [2.45, 2.75) is 37.8 Å². The number of rotatable bonds is 3. The highest BCUT2D eigenvalue weighted by Crippen LogP contribution is 2.34. The number of hydrogen-bond donors (Lipinski definition) is 0. The molecule has 3 heterocycles. The van der Waals surface area contributed by atoms with E-state index in [1.54, 1.807) is 11.0 Å². The van der Waals surface area contributed by atoms with Crippen molar-refractivity contribution in [1.82, 2.24) is 9.80 Å². The molecule has 27 heavy (non-hydrogen) atoms. The zero-order valence-electron chi connectivity index (χ0n) is 14.7. The molecular formula is C20H20F2N2O2S. The Morgan fingerprint density at radius 1 is 1.15 bits per heavy atom. The molecule has 0 saturated carbocycles. The number of thiophene rings is 1. The first-order chi connectivity index (χ1) is 12.9. The van der Waals surface area contributed by atoms with Crippen molar-refractivity contribution >= 4 is 23.2 Å². The lowest BCUT2D eigenvalue weighted by Crippen LogP contribution is -2.49. The molecule has 1 aromatic heterocycles.